The molecule has 1 nitrogen and oxygen atoms in total. The van der Waals surface area contributed by atoms with Crippen molar-refractivity contribution in [2.45, 2.75) is 19.7 Å². The average molecular weight is 123 g/mol. The van der Waals surface area contributed by atoms with Gasteiger partial charge in [0.2, 0.25) is 0 Å². The Morgan fingerprint density at radius 1 is 1.89 bits per heavy atom. The molecular weight excluding hydrogens is 110 g/mol. The second kappa shape index (κ2) is 2.68. The Bertz CT molecular complexity index is 207. The molecule has 0 unspecified atom stereocenters. The normalized spacial score (nSPS) is 53.3. The first kappa shape index (κ1) is 4.11. The van der Waals surface area contributed by atoms with Crippen molar-refractivity contribution >= 4 is 0 Å². The first-order valence-electron chi connectivity index (χ1n) is 4.24. The Morgan fingerprint density at radius 2 is 2.67 bits per heavy atom. The summed E-state index contributed by atoms with van der Waals surface area (Å²) in [5.41, 5.74) is 0. The van der Waals surface area contributed by atoms with E-state index in [9.17, 15) is 0 Å². The maximum absolute atomic E-state index is 8.66. The highest BCUT2D eigenvalue weighted by atomic mass is 14.3. The number of allylic oxidation sites excluding steroid dienone is 2. The van der Waals surface area contributed by atoms with E-state index in [2.05, 4.69) is 6.07 Å². The average Bonchev–Trinajstić information content (AvgIpc) is 1.99. The lowest BCUT2D eigenvalue weighted by atomic mass is 9.87. The van der Waals surface area contributed by atoms with Crippen molar-refractivity contribution in [3.63, 3.8) is 0 Å². The van der Waals surface area contributed by atoms with E-state index in [1.165, 1.54) is 0 Å². The van der Waals surface area contributed by atoms with Crippen molar-refractivity contribution in [2.75, 3.05) is 0 Å². The largest absolute Gasteiger partial charge is 0.198 e. The molecule has 4 atom stereocenters. The Morgan fingerprint density at radius 3 is 3.22 bits per heavy atom. The highest BCUT2D eigenvalue weighted by Crippen LogP contribution is 2.22. The fraction of sp³-hybridized carbons (Fsp3) is 0.625. The van der Waals surface area contributed by atoms with Gasteiger partial charge in [0.15, 0.2) is 0 Å². The highest BCUT2D eigenvalue weighted by molar-refractivity contribution is 5.02. The molecule has 1 aliphatic rings. The van der Waals surface area contributed by atoms with E-state index in [0.717, 1.165) is 0 Å². The lowest BCUT2D eigenvalue weighted by molar-refractivity contribution is 0.470. The first-order chi connectivity index (χ1) is 5.16. The Labute approximate surface area is 58.8 Å². The van der Waals surface area contributed by atoms with Crippen molar-refractivity contribution in [2.24, 2.45) is 11.8 Å². The molecule has 0 heterocycles. The van der Waals surface area contributed by atoms with E-state index in [0.29, 0.717) is 0 Å². The summed E-state index contributed by atoms with van der Waals surface area (Å²) < 4.78 is 14.9. The van der Waals surface area contributed by atoms with Crippen LogP contribution in [0.4, 0.5) is 0 Å². The minimum absolute atomic E-state index is 0.129. The molecule has 0 saturated heterocycles. The van der Waals surface area contributed by atoms with Crippen LogP contribution < -0.4 is 0 Å². The van der Waals surface area contributed by atoms with Crippen LogP contribution in [-0.2, 0) is 0 Å². The number of hydrogen-bond donors (Lipinski definition) is 0. The summed E-state index contributed by atoms with van der Waals surface area (Å²) in [6.45, 7) is 1.91. The summed E-state index contributed by atoms with van der Waals surface area (Å²) in [7, 11) is 0. The lowest BCUT2D eigenvalue weighted by Gasteiger charge is -2.16. The van der Waals surface area contributed by atoms with Crippen molar-refractivity contribution in [1.29, 1.82) is 5.26 Å². The molecule has 0 N–H and O–H groups in total. The standard InChI is InChI=1S/C8H11N/c1-7-4-2-3-5-8(7)6-9/h2,4,7-8H,3,5H2,1H3/t7-,8-/m1/s1/i3D,5D/t3-,5-,7+,8+/m0. The van der Waals surface area contributed by atoms with Gasteiger partial charge in [-0.2, -0.15) is 5.26 Å². The fourth-order valence-electron chi connectivity index (χ4n) is 0.879. The van der Waals surface area contributed by atoms with Crippen LogP contribution in [0.1, 0.15) is 22.5 Å². The van der Waals surface area contributed by atoms with Gasteiger partial charge in [0, 0.05) is 2.74 Å². The van der Waals surface area contributed by atoms with Gasteiger partial charge >= 0.3 is 0 Å². The van der Waals surface area contributed by atoms with Crippen LogP contribution in [0.2, 0.25) is 0 Å². The number of rotatable bonds is 0. The predicted molar refractivity (Wildman–Crippen MR) is 36.6 cm³/mol. The molecule has 1 heteroatoms. The smallest absolute Gasteiger partial charge is 0.0661 e. The lowest BCUT2D eigenvalue weighted by Crippen LogP contribution is -2.09. The van der Waals surface area contributed by atoms with Crippen LogP contribution in [-0.4, -0.2) is 0 Å². The van der Waals surface area contributed by atoms with Gasteiger partial charge in [-0.05, 0) is 18.7 Å². The predicted octanol–water partition coefficient (Wildman–Crippen LogP) is 2.11. The van der Waals surface area contributed by atoms with Crippen molar-refractivity contribution in [3.8, 4) is 6.07 Å². The maximum Gasteiger partial charge on any atom is 0.0661 e. The van der Waals surface area contributed by atoms with E-state index in [4.69, 9.17) is 8.00 Å². The molecule has 0 saturated carbocycles. The zero-order chi connectivity index (χ0) is 8.43. The summed E-state index contributed by atoms with van der Waals surface area (Å²) >= 11 is 0. The number of nitriles is 1. The van der Waals surface area contributed by atoms with Crippen LogP contribution in [0, 0.1) is 23.2 Å². The molecular formula is C8H11N. The van der Waals surface area contributed by atoms with Gasteiger partial charge in [-0.1, -0.05) is 19.1 Å². The summed E-state index contributed by atoms with van der Waals surface area (Å²) in [6.07, 6.45) is 2.48. The van der Waals surface area contributed by atoms with Crippen molar-refractivity contribution in [3.05, 3.63) is 12.2 Å². The van der Waals surface area contributed by atoms with Gasteiger partial charge in [0.25, 0.3) is 0 Å². The molecule has 1 aliphatic carbocycles. The minimum atomic E-state index is -0.569. The summed E-state index contributed by atoms with van der Waals surface area (Å²) in [5.74, 6) is -0.174. The van der Waals surface area contributed by atoms with Gasteiger partial charge in [-0.15, -0.1) is 0 Å². The van der Waals surface area contributed by atoms with E-state index in [-0.39, 0.29) is 11.8 Å². The molecule has 0 aromatic heterocycles. The molecule has 0 radical (unpaired) electrons. The topological polar surface area (TPSA) is 23.8 Å². The molecule has 0 spiro atoms. The van der Waals surface area contributed by atoms with Crippen LogP contribution in [0.5, 0.6) is 0 Å². The van der Waals surface area contributed by atoms with Crippen LogP contribution >= 0.6 is 0 Å². The van der Waals surface area contributed by atoms with Gasteiger partial charge in [0.1, 0.15) is 0 Å². The van der Waals surface area contributed by atoms with Gasteiger partial charge in [-0.25, -0.2) is 0 Å². The number of nitrogens with zero attached hydrogens (tertiary/aromatic N) is 1. The van der Waals surface area contributed by atoms with Gasteiger partial charge in [-0.3, -0.25) is 0 Å². The third kappa shape index (κ3) is 1.32. The Kier molecular flexibility index (Phi) is 1.22. The first-order valence-corrected chi connectivity index (χ1v) is 3.09. The summed E-state index contributed by atoms with van der Waals surface area (Å²) in [6, 6.07) is 2.08. The second-order valence-electron chi connectivity index (χ2n) is 2.28. The third-order valence-electron chi connectivity index (χ3n) is 1.56. The maximum atomic E-state index is 8.66. The molecule has 0 fully saturated rings. The van der Waals surface area contributed by atoms with Crippen LogP contribution in [0.3, 0.4) is 0 Å². The van der Waals surface area contributed by atoms with Gasteiger partial charge < -0.3 is 0 Å². The molecule has 9 heavy (non-hydrogen) atoms. The van der Waals surface area contributed by atoms with Crippen LogP contribution in [0.25, 0.3) is 0 Å². The van der Waals surface area contributed by atoms with Gasteiger partial charge in [0.05, 0.1) is 12.0 Å². The van der Waals surface area contributed by atoms with E-state index in [1.54, 1.807) is 6.08 Å². The zero-order valence-electron chi connectivity index (χ0n) is 7.41. The van der Waals surface area contributed by atoms with E-state index < -0.39 is 12.8 Å². The molecule has 0 amide bonds. The van der Waals surface area contributed by atoms with E-state index in [1.807, 2.05) is 13.0 Å². The van der Waals surface area contributed by atoms with E-state index >= 15 is 0 Å². The minimum Gasteiger partial charge on any atom is -0.198 e. The van der Waals surface area contributed by atoms with Crippen molar-refractivity contribution < 1.29 is 2.74 Å². The SMILES string of the molecule is [2H][C@@H]1[C@H](C#N)[C@H](C)C=C[C@@H]1[2H]. The third-order valence-corrected chi connectivity index (χ3v) is 1.56. The molecule has 0 bridgehead atoms. The molecule has 0 aromatic rings. The highest BCUT2D eigenvalue weighted by Gasteiger charge is 2.15. The molecule has 1 rings (SSSR count). The van der Waals surface area contributed by atoms with Crippen LogP contribution in [0.15, 0.2) is 12.2 Å². The second-order valence-corrected chi connectivity index (χ2v) is 2.28. The molecule has 48 valence electrons. The molecule has 0 aromatic carbocycles. The fourth-order valence-corrected chi connectivity index (χ4v) is 0.879. The Hall–Kier alpha value is -0.770. The quantitative estimate of drug-likeness (QED) is 0.452. The molecule has 0 aliphatic heterocycles. The monoisotopic (exact) mass is 123 g/mol. The Balaban J connectivity index is 2.80. The summed E-state index contributed by atoms with van der Waals surface area (Å²) in [5, 5.41) is 8.66. The summed E-state index contributed by atoms with van der Waals surface area (Å²) in [4.78, 5) is 0. The zero-order valence-corrected chi connectivity index (χ0v) is 5.41. The van der Waals surface area contributed by atoms with Crippen molar-refractivity contribution in [1.82, 2.24) is 0 Å². The number of hydrogen-bond acceptors (Lipinski definition) is 1.